The number of hydrogen-bond donors (Lipinski definition) is 2. The number of nitrogens with one attached hydrogen (secondary N) is 1. The van der Waals surface area contributed by atoms with Gasteiger partial charge in [-0.3, -0.25) is 14.2 Å². The standard InChI is InChI=1S/C8H10N2O4/c1-5(7(12)13)4-10-6(11)2-3-9-8(10)14/h2-3,5H,4H2,1H3,(H,9,14)(H,12,13). The molecule has 0 spiro atoms. The Kier molecular flexibility index (Phi) is 2.85. The third kappa shape index (κ3) is 2.09. The Balaban J connectivity index is 3.03. The molecule has 0 saturated carbocycles. The van der Waals surface area contributed by atoms with Crippen molar-refractivity contribution in [1.29, 1.82) is 0 Å². The number of nitrogens with zero attached hydrogens (tertiary/aromatic N) is 1. The fourth-order valence-electron chi connectivity index (χ4n) is 0.977. The lowest BCUT2D eigenvalue weighted by atomic mass is 10.2. The molecular weight excluding hydrogens is 188 g/mol. The molecule has 1 heterocycles. The highest BCUT2D eigenvalue weighted by atomic mass is 16.4. The summed E-state index contributed by atoms with van der Waals surface area (Å²) in [5.74, 6) is -1.81. The Morgan fingerprint density at radius 1 is 1.64 bits per heavy atom. The smallest absolute Gasteiger partial charge is 0.328 e. The molecule has 6 heteroatoms. The number of hydrogen-bond acceptors (Lipinski definition) is 3. The molecule has 0 aliphatic heterocycles. The molecule has 1 rings (SSSR count). The Hall–Kier alpha value is -1.85. The van der Waals surface area contributed by atoms with Crippen LogP contribution in [0.5, 0.6) is 0 Å². The van der Waals surface area contributed by atoms with Crippen LogP contribution in [-0.4, -0.2) is 20.6 Å². The number of aromatic amines is 1. The molecule has 6 nitrogen and oxygen atoms in total. The minimum Gasteiger partial charge on any atom is -0.481 e. The molecule has 0 saturated heterocycles. The van der Waals surface area contributed by atoms with E-state index < -0.39 is 23.1 Å². The predicted molar refractivity (Wildman–Crippen MR) is 48.1 cm³/mol. The zero-order valence-corrected chi connectivity index (χ0v) is 7.56. The Morgan fingerprint density at radius 2 is 2.29 bits per heavy atom. The van der Waals surface area contributed by atoms with Crippen molar-refractivity contribution in [3.8, 4) is 0 Å². The molecule has 1 atom stereocenters. The molecule has 0 bridgehead atoms. The topological polar surface area (TPSA) is 92.2 Å². The van der Waals surface area contributed by atoms with Crippen LogP contribution in [0.3, 0.4) is 0 Å². The zero-order valence-electron chi connectivity index (χ0n) is 7.56. The fourth-order valence-corrected chi connectivity index (χ4v) is 0.977. The maximum absolute atomic E-state index is 11.1. The van der Waals surface area contributed by atoms with E-state index in [1.165, 1.54) is 19.2 Å². The van der Waals surface area contributed by atoms with E-state index >= 15 is 0 Å². The number of aromatic nitrogens is 2. The number of carboxylic acid groups (broad SMARTS) is 1. The van der Waals surface area contributed by atoms with E-state index in [2.05, 4.69) is 4.98 Å². The van der Waals surface area contributed by atoms with Gasteiger partial charge < -0.3 is 10.1 Å². The van der Waals surface area contributed by atoms with Crippen molar-refractivity contribution in [1.82, 2.24) is 9.55 Å². The van der Waals surface area contributed by atoms with E-state index in [0.717, 1.165) is 4.57 Å². The molecule has 14 heavy (non-hydrogen) atoms. The third-order valence-corrected chi connectivity index (χ3v) is 1.82. The normalized spacial score (nSPS) is 12.4. The first-order valence-electron chi connectivity index (χ1n) is 4.03. The molecule has 0 aliphatic rings. The van der Waals surface area contributed by atoms with E-state index in [-0.39, 0.29) is 6.54 Å². The van der Waals surface area contributed by atoms with Crippen molar-refractivity contribution in [2.75, 3.05) is 0 Å². The van der Waals surface area contributed by atoms with Crippen LogP contribution in [-0.2, 0) is 11.3 Å². The summed E-state index contributed by atoms with van der Waals surface area (Å²) in [6.45, 7) is 1.31. The molecule has 1 aromatic heterocycles. The van der Waals surface area contributed by atoms with Crippen molar-refractivity contribution in [3.63, 3.8) is 0 Å². The summed E-state index contributed by atoms with van der Waals surface area (Å²) < 4.78 is 0.860. The van der Waals surface area contributed by atoms with E-state index in [0.29, 0.717) is 0 Å². The van der Waals surface area contributed by atoms with Crippen LogP contribution in [0.4, 0.5) is 0 Å². The van der Waals surface area contributed by atoms with E-state index in [1.807, 2.05) is 0 Å². The van der Waals surface area contributed by atoms with Gasteiger partial charge in [0.1, 0.15) is 0 Å². The highest BCUT2D eigenvalue weighted by molar-refractivity contribution is 5.69. The average molecular weight is 198 g/mol. The number of carboxylic acids is 1. The van der Waals surface area contributed by atoms with Crippen LogP contribution in [0.2, 0.25) is 0 Å². The van der Waals surface area contributed by atoms with Gasteiger partial charge >= 0.3 is 11.7 Å². The first kappa shape index (κ1) is 10.2. The summed E-state index contributed by atoms with van der Waals surface area (Å²) in [6, 6.07) is 1.18. The summed E-state index contributed by atoms with van der Waals surface area (Å²) in [5, 5.41) is 8.60. The average Bonchev–Trinajstić information content (AvgIpc) is 2.11. The minimum atomic E-state index is -1.04. The highest BCUT2D eigenvalue weighted by Gasteiger charge is 2.13. The number of carbonyl (C=O) groups is 1. The second kappa shape index (κ2) is 3.91. The van der Waals surface area contributed by atoms with Gasteiger partial charge in [0.15, 0.2) is 0 Å². The monoisotopic (exact) mass is 198 g/mol. The first-order chi connectivity index (χ1) is 6.52. The van der Waals surface area contributed by atoms with Crippen LogP contribution in [0.25, 0.3) is 0 Å². The fraction of sp³-hybridized carbons (Fsp3) is 0.375. The molecule has 0 aliphatic carbocycles. The van der Waals surface area contributed by atoms with Gasteiger partial charge in [0.2, 0.25) is 0 Å². The van der Waals surface area contributed by atoms with Gasteiger partial charge in [0.25, 0.3) is 5.56 Å². The number of aliphatic carboxylic acids is 1. The van der Waals surface area contributed by atoms with Crippen molar-refractivity contribution < 1.29 is 9.90 Å². The largest absolute Gasteiger partial charge is 0.481 e. The summed E-state index contributed by atoms with van der Waals surface area (Å²) in [5.41, 5.74) is -1.09. The second-order valence-corrected chi connectivity index (χ2v) is 2.97. The Labute approximate surface area is 78.8 Å². The zero-order chi connectivity index (χ0) is 10.7. The maximum atomic E-state index is 11.1. The maximum Gasteiger partial charge on any atom is 0.328 e. The Bertz CT molecular complexity index is 417. The summed E-state index contributed by atoms with van der Waals surface area (Å²) in [7, 11) is 0. The first-order valence-corrected chi connectivity index (χ1v) is 4.03. The van der Waals surface area contributed by atoms with Gasteiger partial charge in [-0.2, -0.15) is 0 Å². The van der Waals surface area contributed by atoms with Crippen LogP contribution in [0.1, 0.15) is 6.92 Å². The van der Waals surface area contributed by atoms with E-state index in [9.17, 15) is 14.4 Å². The van der Waals surface area contributed by atoms with Crippen molar-refractivity contribution in [2.24, 2.45) is 5.92 Å². The van der Waals surface area contributed by atoms with Crippen molar-refractivity contribution >= 4 is 5.97 Å². The van der Waals surface area contributed by atoms with Crippen molar-refractivity contribution in [2.45, 2.75) is 13.5 Å². The quantitative estimate of drug-likeness (QED) is 0.668. The molecule has 2 N–H and O–H groups in total. The van der Waals surface area contributed by atoms with Gasteiger partial charge in [0, 0.05) is 18.8 Å². The number of rotatable bonds is 3. The lowest BCUT2D eigenvalue weighted by Gasteiger charge is -2.06. The molecule has 0 radical (unpaired) electrons. The molecule has 0 amide bonds. The lowest BCUT2D eigenvalue weighted by molar-refractivity contribution is -0.141. The lowest BCUT2D eigenvalue weighted by Crippen LogP contribution is -2.37. The number of H-pyrrole nitrogens is 1. The molecule has 1 unspecified atom stereocenters. The van der Waals surface area contributed by atoms with Gasteiger partial charge in [0.05, 0.1) is 5.92 Å². The third-order valence-electron chi connectivity index (χ3n) is 1.82. The summed E-state index contributed by atoms with van der Waals surface area (Å²) in [6.07, 6.45) is 1.23. The van der Waals surface area contributed by atoms with Gasteiger partial charge in [-0.1, -0.05) is 6.92 Å². The molecule has 0 fully saturated rings. The predicted octanol–water partition coefficient (Wildman–Crippen LogP) is -0.743. The van der Waals surface area contributed by atoms with Crippen LogP contribution in [0, 0.1) is 5.92 Å². The Morgan fingerprint density at radius 3 is 2.79 bits per heavy atom. The van der Waals surface area contributed by atoms with E-state index in [1.54, 1.807) is 0 Å². The van der Waals surface area contributed by atoms with Gasteiger partial charge in [-0.05, 0) is 0 Å². The molecule has 76 valence electrons. The second-order valence-electron chi connectivity index (χ2n) is 2.97. The summed E-state index contributed by atoms with van der Waals surface area (Å²) >= 11 is 0. The summed E-state index contributed by atoms with van der Waals surface area (Å²) in [4.78, 5) is 35.1. The van der Waals surface area contributed by atoms with Gasteiger partial charge in [-0.25, -0.2) is 4.79 Å². The molecule has 0 aromatic carbocycles. The SMILES string of the molecule is CC(Cn1c(=O)cc[nH]c1=O)C(=O)O. The van der Waals surface area contributed by atoms with Crippen molar-refractivity contribution in [3.05, 3.63) is 33.1 Å². The molecule has 1 aromatic rings. The van der Waals surface area contributed by atoms with Gasteiger partial charge in [-0.15, -0.1) is 0 Å². The minimum absolute atomic E-state index is 0.121. The van der Waals surface area contributed by atoms with Crippen LogP contribution < -0.4 is 11.2 Å². The molecular formula is C8H10N2O4. The van der Waals surface area contributed by atoms with E-state index in [4.69, 9.17) is 5.11 Å². The highest BCUT2D eigenvalue weighted by Crippen LogP contribution is 1.95. The van der Waals surface area contributed by atoms with Crippen LogP contribution in [0.15, 0.2) is 21.9 Å². The van der Waals surface area contributed by atoms with Crippen LogP contribution >= 0.6 is 0 Å².